The molecule has 9 heteroatoms. The Morgan fingerprint density at radius 3 is 2.57 bits per heavy atom. The minimum atomic E-state index is -0.601. The first-order valence-corrected chi connectivity index (χ1v) is 7.50. The van der Waals surface area contributed by atoms with E-state index in [-0.39, 0.29) is 5.76 Å². The van der Waals surface area contributed by atoms with E-state index in [4.69, 9.17) is 33.4 Å². The molecule has 0 unspecified atom stereocenters. The summed E-state index contributed by atoms with van der Waals surface area (Å²) in [6.45, 7) is 0.856. The summed E-state index contributed by atoms with van der Waals surface area (Å²) in [7, 11) is 3.48. The topological polar surface area (TPSA) is 97.6 Å². The average Bonchev–Trinajstić information content (AvgIpc) is 3.09. The number of aromatic nitrogens is 1. The maximum atomic E-state index is 11.0. The molecule has 2 rings (SSSR count). The third-order valence-corrected chi connectivity index (χ3v) is 4.05. The van der Waals surface area contributed by atoms with Gasteiger partial charge in [-0.05, 0) is 18.2 Å². The second-order valence-electron chi connectivity index (χ2n) is 4.74. The minimum absolute atomic E-state index is 0.123. The molecule has 7 nitrogen and oxygen atoms in total. The number of hydrogen-bond acceptors (Lipinski definition) is 3. The van der Waals surface area contributed by atoms with E-state index in [0.29, 0.717) is 35.0 Å². The van der Waals surface area contributed by atoms with Crippen molar-refractivity contribution < 1.29 is 9.21 Å². The Morgan fingerprint density at radius 1 is 1.35 bits per heavy atom. The van der Waals surface area contributed by atoms with Crippen molar-refractivity contribution in [1.29, 1.82) is 0 Å². The van der Waals surface area contributed by atoms with Crippen molar-refractivity contribution in [2.45, 2.75) is 13.1 Å². The van der Waals surface area contributed by atoms with E-state index in [0.717, 1.165) is 5.69 Å². The van der Waals surface area contributed by atoms with Crippen molar-refractivity contribution in [2.75, 3.05) is 7.05 Å². The highest BCUT2D eigenvalue weighted by molar-refractivity contribution is 6.41. The van der Waals surface area contributed by atoms with E-state index in [1.165, 1.54) is 6.07 Å². The molecule has 124 valence electrons. The van der Waals surface area contributed by atoms with Crippen LogP contribution in [0.4, 0.5) is 0 Å². The third-order valence-electron chi connectivity index (χ3n) is 3.21. The van der Waals surface area contributed by atoms with Crippen LogP contribution >= 0.6 is 23.2 Å². The lowest BCUT2D eigenvalue weighted by Gasteiger charge is -2.11. The molecule has 0 aliphatic rings. The average molecular weight is 358 g/mol. The van der Waals surface area contributed by atoms with Gasteiger partial charge in [-0.25, -0.2) is 0 Å². The summed E-state index contributed by atoms with van der Waals surface area (Å²) in [5.74, 6) is 0.663. The number of furan rings is 1. The zero-order valence-electron chi connectivity index (χ0n) is 12.7. The van der Waals surface area contributed by atoms with Crippen LogP contribution in [-0.2, 0) is 20.1 Å². The summed E-state index contributed by atoms with van der Waals surface area (Å²) in [5, 5.41) is 7.19. The number of halogens is 2. The summed E-state index contributed by atoms with van der Waals surface area (Å²) >= 11 is 12.0. The lowest BCUT2D eigenvalue weighted by molar-refractivity contribution is 0.0972. The molecule has 23 heavy (non-hydrogen) atoms. The molecular weight excluding hydrogens is 341 g/mol. The van der Waals surface area contributed by atoms with Gasteiger partial charge in [0.1, 0.15) is 10.9 Å². The number of amides is 1. The van der Waals surface area contributed by atoms with Crippen molar-refractivity contribution in [1.82, 2.24) is 15.2 Å². The number of carbonyl (C=O) groups is 1. The molecule has 0 saturated carbocycles. The molecule has 0 spiro atoms. The van der Waals surface area contributed by atoms with Crippen LogP contribution in [0.15, 0.2) is 27.6 Å². The van der Waals surface area contributed by atoms with Crippen molar-refractivity contribution in [3.05, 3.63) is 45.6 Å². The van der Waals surface area contributed by atoms with Crippen LogP contribution in [0.1, 0.15) is 22.0 Å². The maximum Gasteiger partial charge on any atom is 0.284 e. The van der Waals surface area contributed by atoms with Gasteiger partial charge in [-0.1, -0.05) is 23.2 Å². The fourth-order valence-corrected chi connectivity index (χ4v) is 2.35. The van der Waals surface area contributed by atoms with Crippen LogP contribution in [-0.4, -0.2) is 23.5 Å². The van der Waals surface area contributed by atoms with E-state index in [9.17, 15) is 4.79 Å². The largest absolute Gasteiger partial charge is 0.454 e. The smallest absolute Gasteiger partial charge is 0.284 e. The molecular formula is C14H17Cl2N5O2. The molecule has 0 radical (unpaired) electrons. The summed E-state index contributed by atoms with van der Waals surface area (Å²) in [6, 6.07) is 5.00. The fraction of sp³-hybridized carbons (Fsp3) is 0.286. The van der Waals surface area contributed by atoms with Crippen LogP contribution in [0.2, 0.25) is 10.2 Å². The van der Waals surface area contributed by atoms with Crippen molar-refractivity contribution in [2.24, 2.45) is 17.8 Å². The number of hydrogen-bond donors (Lipinski definition) is 3. The Balaban J connectivity index is 1.90. The van der Waals surface area contributed by atoms with Gasteiger partial charge in [0.25, 0.3) is 5.91 Å². The number of carbonyl (C=O) groups excluding carboxylic acids is 1. The number of nitrogens with two attached hydrogens (primary N) is 1. The van der Waals surface area contributed by atoms with Gasteiger partial charge in [0.2, 0.25) is 0 Å². The van der Waals surface area contributed by atoms with E-state index in [2.05, 4.69) is 15.6 Å². The summed E-state index contributed by atoms with van der Waals surface area (Å²) in [4.78, 5) is 15.1. The zero-order chi connectivity index (χ0) is 17.0. The maximum absolute atomic E-state index is 11.0. The molecule has 0 saturated heterocycles. The standard InChI is InChI=1S/C14H17Cl2N5O2/c1-18-14(19-6-8-5-10(15)12(16)21(8)2)20-7-9-3-4-11(23-9)13(17)22/h3-5H,6-7H2,1-2H3,(H2,17,22)(H2,18,19,20). The molecule has 0 aliphatic carbocycles. The van der Waals surface area contributed by atoms with Crippen LogP contribution in [0.5, 0.6) is 0 Å². The molecule has 0 atom stereocenters. The Labute approximate surface area is 143 Å². The molecule has 0 bridgehead atoms. The summed E-state index contributed by atoms with van der Waals surface area (Å²) in [5.41, 5.74) is 6.05. The first-order valence-electron chi connectivity index (χ1n) is 6.75. The number of primary amides is 1. The molecule has 4 N–H and O–H groups in total. The highest BCUT2D eigenvalue weighted by atomic mass is 35.5. The van der Waals surface area contributed by atoms with Crippen molar-refractivity contribution >= 4 is 35.1 Å². The monoisotopic (exact) mass is 357 g/mol. The van der Waals surface area contributed by atoms with E-state index in [1.54, 1.807) is 23.7 Å². The Morgan fingerprint density at radius 2 is 2.04 bits per heavy atom. The van der Waals surface area contributed by atoms with E-state index in [1.807, 2.05) is 7.05 Å². The van der Waals surface area contributed by atoms with Crippen molar-refractivity contribution in [3.8, 4) is 0 Å². The Kier molecular flexibility index (Phi) is 5.57. The minimum Gasteiger partial charge on any atom is -0.454 e. The first kappa shape index (κ1) is 17.2. The van der Waals surface area contributed by atoms with Gasteiger partial charge < -0.3 is 25.4 Å². The molecule has 0 aliphatic heterocycles. The normalized spacial score (nSPS) is 11.6. The van der Waals surface area contributed by atoms with Crippen molar-refractivity contribution in [3.63, 3.8) is 0 Å². The molecule has 0 aromatic carbocycles. The van der Waals surface area contributed by atoms with Gasteiger partial charge in [0.15, 0.2) is 11.7 Å². The molecule has 1 amide bonds. The predicted molar refractivity (Wildman–Crippen MR) is 89.7 cm³/mol. The highest BCUT2D eigenvalue weighted by Gasteiger charge is 2.10. The quantitative estimate of drug-likeness (QED) is 0.562. The lowest BCUT2D eigenvalue weighted by Crippen LogP contribution is -2.36. The molecule has 2 heterocycles. The summed E-state index contributed by atoms with van der Waals surface area (Å²) in [6.07, 6.45) is 0. The molecule has 2 aromatic heterocycles. The lowest BCUT2D eigenvalue weighted by atomic mass is 10.4. The third kappa shape index (κ3) is 4.20. The molecule has 0 fully saturated rings. The molecule has 2 aromatic rings. The number of rotatable bonds is 5. The van der Waals surface area contributed by atoms with Gasteiger partial charge in [0.05, 0.1) is 18.1 Å². The van der Waals surface area contributed by atoms with Gasteiger partial charge >= 0.3 is 0 Å². The van der Waals surface area contributed by atoms with Crippen LogP contribution in [0.3, 0.4) is 0 Å². The van der Waals surface area contributed by atoms with Crippen LogP contribution < -0.4 is 16.4 Å². The SMILES string of the molecule is CN=C(NCc1ccc(C(N)=O)o1)NCc1cc(Cl)c(Cl)n1C. The van der Waals surface area contributed by atoms with Gasteiger partial charge in [0, 0.05) is 19.8 Å². The first-order chi connectivity index (χ1) is 10.9. The second kappa shape index (κ2) is 7.43. The fourth-order valence-electron chi connectivity index (χ4n) is 1.93. The van der Waals surface area contributed by atoms with Gasteiger partial charge in [-0.15, -0.1) is 0 Å². The predicted octanol–water partition coefficient (Wildman–Crippen LogP) is 1.89. The van der Waals surface area contributed by atoms with Gasteiger partial charge in [-0.2, -0.15) is 0 Å². The second-order valence-corrected chi connectivity index (χ2v) is 5.51. The van der Waals surface area contributed by atoms with E-state index >= 15 is 0 Å². The Bertz CT molecular complexity index is 736. The number of guanidine groups is 1. The van der Waals surface area contributed by atoms with E-state index < -0.39 is 5.91 Å². The number of aliphatic imine (C=N–C) groups is 1. The van der Waals surface area contributed by atoms with Gasteiger partial charge in [-0.3, -0.25) is 9.79 Å². The van der Waals surface area contributed by atoms with Crippen LogP contribution in [0.25, 0.3) is 0 Å². The summed E-state index contributed by atoms with van der Waals surface area (Å²) < 4.78 is 7.07. The number of nitrogens with zero attached hydrogens (tertiary/aromatic N) is 2. The Hall–Kier alpha value is -2.12. The number of nitrogens with one attached hydrogen (secondary N) is 2. The van der Waals surface area contributed by atoms with Crippen LogP contribution in [0, 0.1) is 0 Å². The highest BCUT2D eigenvalue weighted by Crippen LogP contribution is 2.24. The zero-order valence-corrected chi connectivity index (χ0v) is 14.2.